The molecule has 0 saturated heterocycles. The van der Waals surface area contributed by atoms with Crippen molar-refractivity contribution in [3.05, 3.63) is 53.7 Å². The Morgan fingerprint density at radius 1 is 1.40 bits per heavy atom. The molecule has 2 heterocycles. The molecule has 0 saturated carbocycles. The van der Waals surface area contributed by atoms with E-state index in [9.17, 15) is 4.79 Å². The second-order valence-electron chi connectivity index (χ2n) is 3.04. The van der Waals surface area contributed by atoms with E-state index in [2.05, 4.69) is 4.98 Å². The molecule has 0 bridgehead atoms. The van der Waals surface area contributed by atoms with E-state index in [0.717, 1.165) is 0 Å². The highest BCUT2D eigenvalue weighted by atomic mass is 16.3. The Morgan fingerprint density at radius 2 is 2.27 bits per heavy atom. The number of nitrogens with zero attached hydrogens (tertiary/aromatic N) is 1. The van der Waals surface area contributed by atoms with E-state index in [-0.39, 0.29) is 5.78 Å². The summed E-state index contributed by atoms with van der Waals surface area (Å²) >= 11 is 0. The molecule has 2 aromatic rings. The third kappa shape index (κ3) is 1.94. The van der Waals surface area contributed by atoms with Crippen LogP contribution in [0.4, 0.5) is 0 Å². The maximum absolute atomic E-state index is 11.8. The van der Waals surface area contributed by atoms with Gasteiger partial charge in [0.1, 0.15) is 5.76 Å². The largest absolute Gasteiger partial charge is 0.456 e. The number of pyridine rings is 1. The van der Waals surface area contributed by atoms with Crippen molar-refractivity contribution in [1.29, 1.82) is 0 Å². The second-order valence-corrected chi connectivity index (χ2v) is 3.04. The standard InChI is InChI=1S/C11H10N2O2/c12-6-9-3-4-10(15-9)11(14)8-2-1-5-13-7-8/h1-5,7H,6,12H2. The molecule has 2 aromatic heterocycles. The molecule has 0 aliphatic rings. The summed E-state index contributed by atoms with van der Waals surface area (Å²) in [5, 5.41) is 0. The summed E-state index contributed by atoms with van der Waals surface area (Å²) in [6, 6.07) is 6.72. The van der Waals surface area contributed by atoms with E-state index in [4.69, 9.17) is 10.2 Å². The molecule has 4 nitrogen and oxygen atoms in total. The maximum Gasteiger partial charge on any atom is 0.229 e. The summed E-state index contributed by atoms with van der Waals surface area (Å²) in [6.07, 6.45) is 3.12. The van der Waals surface area contributed by atoms with Gasteiger partial charge in [-0.05, 0) is 24.3 Å². The van der Waals surface area contributed by atoms with Crippen LogP contribution < -0.4 is 5.73 Å². The van der Waals surface area contributed by atoms with Crippen molar-refractivity contribution < 1.29 is 9.21 Å². The number of aromatic nitrogens is 1. The highest BCUT2D eigenvalue weighted by molar-refractivity contribution is 6.06. The van der Waals surface area contributed by atoms with Crippen LogP contribution in [-0.4, -0.2) is 10.8 Å². The average molecular weight is 202 g/mol. The molecule has 0 amide bonds. The van der Waals surface area contributed by atoms with Crippen LogP contribution in [0, 0.1) is 0 Å². The number of rotatable bonds is 3. The predicted octanol–water partition coefficient (Wildman–Crippen LogP) is 1.36. The van der Waals surface area contributed by atoms with Crippen LogP contribution in [-0.2, 0) is 6.54 Å². The number of carbonyl (C=O) groups excluding carboxylic acids is 1. The van der Waals surface area contributed by atoms with Crippen molar-refractivity contribution in [2.75, 3.05) is 0 Å². The fraction of sp³-hybridized carbons (Fsp3) is 0.0909. The SMILES string of the molecule is NCc1ccc(C(=O)c2cccnc2)o1. The first-order valence-electron chi connectivity index (χ1n) is 4.55. The van der Waals surface area contributed by atoms with E-state index < -0.39 is 0 Å². The van der Waals surface area contributed by atoms with Crippen molar-refractivity contribution >= 4 is 5.78 Å². The smallest absolute Gasteiger partial charge is 0.229 e. The summed E-state index contributed by atoms with van der Waals surface area (Å²) < 4.78 is 5.25. The van der Waals surface area contributed by atoms with Gasteiger partial charge in [0.15, 0.2) is 5.76 Å². The molecular weight excluding hydrogens is 192 g/mol. The average Bonchev–Trinajstić information content (AvgIpc) is 2.78. The fourth-order valence-electron chi connectivity index (χ4n) is 1.25. The van der Waals surface area contributed by atoms with Crippen LogP contribution >= 0.6 is 0 Å². The van der Waals surface area contributed by atoms with Gasteiger partial charge in [-0.2, -0.15) is 0 Å². The zero-order valence-electron chi connectivity index (χ0n) is 8.01. The van der Waals surface area contributed by atoms with E-state index in [1.54, 1.807) is 30.5 Å². The van der Waals surface area contributed by atoms with Gasteiger partial charge in [-0.1, -0.05) is 0 Å². The molecule has 0 atom stereocenters. The van der Waals surface area contributed by atoms with E-state index >= 15 is 0 Å². The number of furan rings is 1. The van der Waals surface area contributed by atoms with Gasteiger partial charge in [-0.3, -0.25) is 9.78 Å². The third-order valence-electron chi connectivity index (χ3n) is 2.01. The second kappa shape index (κ2) is 4.06. The molecule has 2 rings (SSSR count). The van der Waals surface area contributed by atoms with Crippen LogP contribution in [0.3, 0.4) is 0 Å². The highest BCUT2D eigenvalue weighted by Gasteiger charge is 2.12. The number of carbonyl (C=O) groups is 1. The predicted molar refractivity (Wildman–Crippen MR) is 54.3 cm³/mol. The van der Waals surface area contributed by atoms with E-state index in [1.165, 1.54) is 6.20 Å². The summed E-state index contributed by atoms with van der Waals surface area (Å²) in [5.41, 5.74) is 5.89. The number of hydrogen-bond donors (Lipinski definition) is 1. The van der Waals surface area contributed by atoms with Crippen molar-refractivity contribution in [3.8, 4) is 0 Å². The zero-order valence-corrected chi connectivity index (χ0v) is 8.01. The zero-order chi connectivity index (χ0) is 10.7. The lowest BCUT2D eigenvalue weighted by Gasteiger charge is -1.95. The molecule has 0 fully saturated rings. The summed E-state index contributed by atoms with van der Waals surface area (Å²) in [4.78, 5) is 15.7. The molecule has 76 valence electrons. The van der Waals surface area contributed by atoms with Crippen LogP contribution in [0.25, 0.3) is 0 Å². The lowest BCUT2D eigenvalue weighted by Crippen LogP contribution is -2.00. The Kier molecular flexibility index (Phi) is 2.60. The molecule has 0 aliphatic carbocycles. The van der Waals surface area contributed by atoms with E-state index in [0.29, 0.717) is 23.6 Å². The van der Waals surface area contributed by atoms with E-state index in [1.807, 2.05) is 0 Å². The Bertz CT molecular complexity index is 462. The quantitative estimate of drug-likeness (QED) is 0.763. The van der Waals surface area contributed by atoms with Crippen molar-refractivity contribution in [2.45, 2.75) is 6.54 Å². The molecule has 0 spiro atoms. The van der Waals surface area contributed by atoms with Gasteiger partial charge >= 0.3 is 0 Å². The van der Waals surface area contributed by atoms with Crippen LogP contribution in [0.5, 0.6) is 0 Å². The Morgan fingerprint density at radius 3 is 2.87 bits per heavy atom. The Labute approximate surface area is 86.7 Å². The summed E-state index contributed by atoms with van der Waals surface area (Å²) in [5.74, 6) is 0.716. The normalized spacial score (nSPS) is 10.2. The minimum atomic E-state index is -0.178. The first-order chi connectivity index (χ1) is 7.31. The lowest BCUT2D eigenvalue weighted by molar-refractivity contribution is 0.101. The lowest BCUT2D eigenvalue weighted by atomic mass is 10.1. The van der Waals surface area contributed by atoms with Crippen molar-refractivity contribution in [3.63, 3.8) is 0 Å². The Hall–Kier alpha value is -1.94. The molecular formula is C11H10N2O2. The Balaban J connectivity index is 2.29. The van der Waals surface area contributed by atoms with Crippen molar-refractivity contribution in [2.24, 2.45) is 5.73 Å². The summed E-state index contributed by atoms with van der Waals surface area (Å²) in [6.45, 7) is 0.292. The van der Waals surface area contributed by atoms with Gasteiger partial charge < -0.3 is 10.2 Å². The molecule has 0 unspecified atom stereocenters. The topological polar surface area (TPSA) is 69.1 Å². The minimum Gasteiger partial charge on any atom is -0.456 e. The molecule has 0 radical (unpaired) electrons. The van der Waals surface area contributed by atoms with Gasteiger partial charge in [-0.15, -0.1) is 0 Å². The molecule has 4 heteroatoms. The first-order valence-corrected chi connectivity index (χ1v) is 4.55. The van der Waals surface area contributed by atoms with Gasteiger partial charge in [0.25, 0.3) is 0 Å². The first kappa shape index (κ1) is 9.61. The number of nitrogens with two attached hydrogens (primary N) is 1. The minimum absolute atomic E-state index is 0.178. The summed E-state index contributed by atoms with van der Waals surface area (Å²) in [7, 11) is 0. The van der Waals surface area contributed by atoms with Crippen LogP contribution in [0.2, 0.25) is 0 Å². The monoisotopic (exact) mass is 202 g/mol. The van der Waals surface area contributed by atoms with Gasteiger partial charge in [-0.25, -0.2) is 0 Å². The maximum atomic E-state index is 11.8. The van der Waals surface area contributed by atoms with Crippen LogP contribution in [0.1, 0.15) is 21.9 Å². The molecule has 0 aliphatic heterocycles. The number of hydrogen-bond acceptors (Lipinski definition) is 4. The third-order valence-corrected chi connectivity index (χ3v) is 2.01. The van der Waals surface area contributed by atoms with Crippen LogP contribution in [0.15, 0.2) is 41.1 Å². The molecule has 15 heavy (non-hydrogen) atoms. The fourth-order valence-corrected chi connectivity index (χ4v) is 1.25. The molecule has 0 aromatic carbocycles. The molecule has 2 N–H and O–H groups in total. The number of ketones is 1. The van der Waals surface area contributed by atoms with Gasteiger partial charge in [0.2, 0.25) is 5.78 Å². The van der Waals surface area contributed by atoms with Crippen molar-refractivity contribution in [1.82, 2.24) is 4.98 Å². The van der Waals surface area contributed by atoms with Gasteiger partial charge in [0, 0.05) is 18.0 Å². The van der Waals surface area contributed by atoms with Gasteiger partial charge in [0.05, 0.1) is 6.54 Å². The highest BCUT2D eigenvalue weighted by Crippen LogP contribution is 2.12.